The van der Waals surface area contributed by atoms with E-state index in [1.54, 1.807) is 24.3 Å². The molecule has 86 valence electrons. The second-order valence-corrected chi connectivity index (χ2v) is 3.91. The molecule has 0 bridgehead atoms. The average Bonchev–Trinajstić information content (AvgIpc) is 2.32. The number of aromatic hydroxyl groups is 1. The quantitative estimate of drug-likeness (QED) is 0.653. The van der Waals surface area contributed by atoms with Crippen molar-refractivity contribution in [2.75, 3.05) is 0 Å². The maximum absolute atomic E-state index is 10.7. The molecule has 1 N–H and O–H groups in total. The molecule has 0 aliphatic heterocycles. The van der Waals surface area contributed by atoms with Crippen LogP contribution in [0.1, 0.15) is 0 Å². The van der Waals surface area contributed by atoms with Crippen LogP contribution < -0.4 is 0 Å². The Hall–Kier alpha value is -2.07. The zero-order valence-electron chi connectivity index (χ0n) is 8.63. The van der Waals surface area contributed by atoms with E-state index < -0.39 is 4.92 Å². The predicted molar refractivity (Wildman–Crippen MR) is 65.2 cm³/mol. The second-order valence-electron chi connectivity index (χ2n) is 3.47. The van der Waals surface area contributed by atoms with E-state index in [1.165, 1.54) is 18.2 Å². The highest BCUT2D eigenvalue weighted by atomic mass is 35.5. The fourth-order valence-electron chi connectivity index (χ4n) is 1.53. The molecule has 4 nitrogen and oxygen atoms in total. The van der Waals surface area contributed by atoms with Gasteiger partial charge in [0.25, 0.3) is 5.69 Å². The van der Waals surface area contributed by atoms with Crippen molar-refractivity contribution in [3.8, 4) is 16.9 Å². The van der Waals surface area contributed by atoms with Gasteiger partial charge in [-0.25, -0.2) is 0 Å². The number of rotatable bonds is 2. The molecule has 17 heavy (non-hydrogen) atoms. The fourth-order valence-corrected chi connectivity index (χ4v) is 1.70. The van der Waals surface area contributed by atoms with Gasteiger partial charge in [-0.2, -0.15) is 0 Å². The summed E-state index contributed by atoms with van der Waals surface area (Å²) in [6, 6.07) is 10.6. The maximum Gasteiger partial charge on any atom is 0.270 e. The zero-order valence-corrected chi connectivity index (χ0v) is 9.39. The van der Waals surface area contributed by atoms with Gasteiger partial charge in [0.15, 0.2) is 0 Å². The molecule has 2 aromatic rings. The number of halogens is 1. The van der Waals surface area contributed by atoms with Crippen LogP contribution in [0.5, 0.6) is 5.75 Å². The Bertz CT molecular complexity index is 584. The highest BCUT2D eigenvalue weighted by Gasteiger charge is 2.10. The van der Waals surface area contributed by atoms with Crippen molar-refractivity contribution in [3.05, 3.63) is 57.6 Å². The highest BCUT2D eigenvalue weighted by Crippen LogP contribution is 2.33. The molecule has 0 aliphatic rings. The van der Waals surface area contributed by atoms with Gasteiger partial charge < -0.3 is 5.11 Å². The third kappa shape index (κ3) is 2.37. The molecule has 2 rings (SSSR count). The van der Waals surface area contributed by atoms with E-state index in [9.17, 15) is 15.2 Å². The van der Waals surface area contributed by atoms with Crippen LogP contribution in [0, 0.1) is 10.1 Å². The van der Waals surface area contributed by atoms with E-state index in [-0.39, 0.29) is 11.4 Å². The van der Waals surface area contributed by atoms with Gasteiger partial charge in [0.1, 0.15) is 5.75 Å². The summed E-state index contributed by atoms with van der Waals surface area (Å²) < 4.78 is 0. The topological polar surface area (TPSA) is 63.4 Å². The summed E-state index contributed by atoms with van der Waals surface area (Å²) in [5, 5.41) is 20.8. The van der Waals surface area contributed by atoms with Crippen LogP contribution >= 0.6 is 11.6 Å². The lowest BCUT2D eigenvalue weighted by atomic mass is 10.0. The van der Waals surface area contributed by atoms with Gasteiger partial charge in [-0.1, -0.05) is 23.7 Å². The predicted octanol–water partition coefficient (Wildman–Crippen LogP) is 3.62. The molecule has 2 aromatic carbocycles. The zero-order chi connectivity index (χ0) is 12.4. The normalized spacial score (nSPS) is 10.2. The van der Waals surface area contributed by atoms with Crippen molar-refractivity contribution >= 4 is 17.3 Å². The minimum atomic E-state index is -0.481. The molecule has 0 radical (unpaired) electrons. The second kappa shape index (κ2) is 4.43. The summed E-state index contributed by atoms with van der Waals surface area (Å²) in [6.45, 7) is 0. The van der Waals surface area contributed by atoms with E-state index in [4.69, 9.17) is 11.6 Å². The van der Waals surface area contributed by atoms with Crippen molar-refractivity contribution in [2.24, 2.45) is 0 Å². The first kappa shape index (κ1) is 11.4. The molecular weight excluding hydrogens is 242 g/mol. The van der Waals surface area contributed by atoms with Crippen molar-refractivity contribution in [3.63, 3.8) is 0 Å². The van der Waals surface area contributed by atoms with E-state index in [1.807, 2.05) is 0 Å². The molecule has 0 saturated carbocycles. The van der Waals surface area contributed by atoms with Gasteiger partial charge in [-0.15, -0.1) is 0 Å². The lowest BCUT2D eigenvalue weighted by Crippen LogP contribution is -1.88. The minimum absolute atomic E-state index is 0.0260. The number of phenolic OH excluding ortho intramolecular Hbond substituents is 1. The third-order valence-corrected chi connectivity index (χ3v) is 2.56. The molecule has 0 saturated heterocycles. The average molecular weight is 250 g/mol. The Morgan fingerprint density at radius 1 is 1.18 bits per heavy atom. The van der Waals surface area contributed by atoms with Gasteiger partial charge in [-0.3, -0.25) is 10.1 Å². The van der Waals surface area contributed by atoms with Crippen molar-refractivity contribution in [2.45, 2.75) is 0 Å². The smallest absolute Gasteiger partial charge is 0.270 e. The summed E-state index contributed by atoms with van der Waals surface area (Å²) in [7, 11) is 0. The molecule has 0 fully saturated rings. The number of phenols is 1. The van der Waals surface area contributed by atoms with E-state index in [0.717, 1.165) is 0 Å². The number of hydrogen-bond acceptors (Lipinski definition) is 3. The number of benzene rings is 2. The lowest BCUT2D eigenvalue weighted by Gasteiger charge is -2.05. The number of nitro groups is 1. The Kier molecular flexibility index (Phi) is 2.97. The maximum atomic E-state index is 10.7. The van der Waals surface area contributed by atoms with Crippen LogP contribution in [0.3, 0.4) is 0 Å². The summed E-state index contributed by atoms with van der Waals surface area (Å²) >= 11 is 5.82. The largest absolute Gasteiger partial charge is 0.507 e. The molecule has 5 heteroatoms. The van der Waals surface area contributed by atoms with E-state index in [0.29, 0.717) is 16.1 Å². The number of nitrogens with zero attached hydrogens (tertiary/aromatic N) is 1. The van der Waals surface area contributed by atoms with Crippen LogP contribution in [0.15, 0.2) is 42.5 Å². The Morgan fingerprint density at radius 2 is 1.94 bits per heavy atom. The van der Waals surface area contributed by atoms with Gasteiger partial charge in [0.05, 0.1) is 4.92 Å². The number of hydrogen-bond donors (Lipinski definition) is 1. The molecule has 0 aliphatic carbocycles. The molecule has 0 heterocycles. The van der Waals surface area contributed by atoms with Crippen LogP contribution in [0.4, 0.5) is 5.69 Å². The third-order valence-electron chi connectivity index (χ3n) is 2.33. The van der Waals surface area contributed by atoms with Gasteiger partial charge in [-0.05, 0) is 23.8 Å². The van der Waals surface area contributed by atoms with E-state index >= 15 is 0 Å². The Morgan fingerprint density at radius 3 is 2.65 bits per heavy atom. The Labute approximate surface area is 102 Å². The van der Waals surface area contributed by atoms with Gasteiger partial charge >= 0.3 is 0 Å². The van der Waals surface area contributed by atoms with Crippen LogP contribution in [-0.4, -0.2) is 10.0 Å². The monoisotopic (exact) mass is 249 g/mol. The number of nitro benzene ring substituents is 1. The summed E-state index contributed by atoms with van der Waals surface area (Å²) in [6.07, 6.45) is 0. The fraction of sp³-hybridized carbons (Fsp3) is 0. The molecule has 0 amide bonds. The lowest BCUT2D eigenvalue weighted by molar-refractivity contribution is -0.384. The summed E-state index contributed by atoms with van der Waals surface area (Å²) in [4.78, 5) is 10.2. The number of non-ortho nitro benzene ring substituents is 1. The molecule has 0 atom stereocenters. The minimum Gasteiger partial charge on any atom is -0.507 e. The molecule has 0 aromatic heterocycles. The molecule has 0 unspecified atom stereocenters. The van der Waals surface area contributed by atoms with Gasteiger partial charge in [0, 0.05) is 22.7 Å². The standard InChI is InChI=1S/C12H8ClNO3/c13-9-4-5-12(15)11(7-9)8-2-1-3-10(6-8)14(16)17/h1-7,15H. The van der Waals surface area contributed by atoms with E-state index in [2.05, 4.69) is 0 Å². The first-order valence-electron chi connectivity index (χ1n) is 4.81. The summed E-state index contributed by atoms with van der Waals surface area (Å²) in [5.74, 6) is 0.0369. The molecule has 0 spiro atoms. The Balaban J connectivity index is 2.56. The SMILES string of the molecule is O=[N+]([O-])c1cccc(-c2cc(Cl)ccc2O)c1. The van der Waals surface area contributed by atoms with Crippen molar-refractivity contribution in [1.29, 1.82) is 0 Å². The highest BCUT2D eigenvalue weighted by molar-refractivity contribution is 6.31. The van der Waals surface area contributed by atoms with Crippen molar-refractivity contribution in [1.82, 2.24) is 0 Å². The first-order chi connectivity index (χ1) is 8.08. The van der Waals surface area contributed by atoms with Gasteiger partial charge in [0.2, 0.25) is 0 Å². The van der Waals surface area contributed by atoms with Crippen molar-refractivity contribution < 1.29 is 10.0 Å². The van der Waals surface area contributed by atoms with Crippen LogP contribution in [0.2, 0.25) is 5.02 Å². The van der Waals surface area contributed by atoms with Crippen LogP contribution in [-0.2, 0) is 0 Å². The first-order valence-corrected chi connectivity index (χ1v) is 5.19. The molecular formula is C12H8ClNO3. The summed E-state index contributed by atoms with van der Waals surface area (Å²) in [5.41, 5.74) is 1.00. The van der Waals surface area contributed by atoms with Crippen LogP contribution in [0.25, 0.3) is 11.1 Å².